The first-order valence-corrected chi connectivity index (χ1v) is 7.53. The van der Waals surface area contributed by atoms with Crippen molar-refractivity contribution in [1.29, 1.82) is 0 Å². The summed E-state index contributed by atoms with van der Waals surface area (Å²) >= 11 is 0. The Balaban J connectivity index is 2.25. The fourth-order valence-electron chi connectivity index (χ4n) is 2.96. The number of para-hydroxylation sites is 1. The van der Waals surface area contributed by atoms with Gasteiger partial charge in [0.2, 0.25) is 0 Å². The highest BCUT2D eigenvalue weighted by molar-refractivity contribution is 5.94. The fraction of sp³-hybridized carbons (Fsp3) is 0.333. The molecule has 4 heteroatoms. The van der Waals surface area contributed by atoms with Crippen LogP contribution in [0.5, 0.6) is 0 Å². The quantitative estimate of drug-likeness (QED) is 0.768. The van der Waals surface area contributed by atoms with E-state index in [-0.39, 0.29) is 0 Å². The number of rotatable bonds is 2. The second kappa shape index (κ2) is 5.13. The van der Waals surface area contributed by atoms with E-state index in [1.807, 2.05) is 6.92 Å². The zero-order valence-corrected chi connectivity index (χ0v) is 14.1. The van der Waals surface area contributed by atoms with Gasteiger partial charge in [0, 0.05) is 18.4 Å². The molecule has 22 heavy (non-hydrogen) atoms. The van der Waals surface area contributed by atoms with Crippen molar-refractivity contribution < 1.29 is 0 Å². The number of fused-ring (bicyclic) bond motifs is 1. The van der Waals surface area contributed by atoms with E-state index in [0.29, 0.717) is 0 Å². The van der Waals surface area contributed by atoms with E-state index < -0.39 is 0 Å². The van der Waals surface area contributed by atoms with Crippen LogP contribution in [0.4, 0.5) is 11.5 Å². The smallest absolute Gasteiger partial charge is 0.146 e. The lowest BCUT2D eigenvalue weighted by Crippen LogP contribution is -2.02. The van der Waals surface area contributed by atoms with Crippen molar-refractivity contribution in [2.75, 3.05) is 5.32 Å². The van der Waals surface area contributed by atoms with E-state index in [4.69, 9.17) is 0 Å². The molecule has 0 fully saturated rings. The number of aromatic nitrogens is 3. The standard InChI is InChI=1S/C18H22N4/c1-10-8-7-9-11(2)16(10)21-17-15-12(3)13(4)22(6)18(15)20-14(5)19-17/h7-9H,1-6H3,(H,19,20,21). The van der Waals surface area contributed by atoms with Gasteiger partial charge >= 0.3 is 0 Å². The van der Waals surface area contributed by atoms with E-state index in [9.17, 15) is 0 Å². The van der Waals surface area contributed by atoms with E-state index in [2.05, 4.69) is 72.8 Å². The van der Waals surface area contributed by atoms with Crippen molar-refractivity contribution in [3.05, 3.63) is 46.4 Å². The second-order valence-electron chi connectivity index (χ2n) is 5.98. The molecule has 2 aromatic heterocycles. The molecule has 4 nitrogen and oxygen atoms in total. The number of nitrogens with one attached hydrogen (secondary N) is 1. The Morgan fingerprint density at radius 2 is 1.59 bits per heavy atom. The van der Waals surface area contributed by atoms with Crippen LogP contribution in [-0.4, -0.2) is 14.5 Å². The van der Waals surface area contributed by atoms with Gasteiger partial charge in [-0.2, -0.15) is 0 Å². The normalized spacial score (nSPS) is 11.2. The third-order valence-corrected chi connectivity index (χ3v) is 4.46. The van der Waals surface area contributed by atoms with Crippen molar-refractivity contribution in [3.8, 4) is 0 Å². The Morgan fingerprint density at radius 1 is 0.955 bits per heavy atom. The van der Waals surface area contributed by atoms with Crippen LogP contribution >= 0.6 is 0 Å². The lowest BCUT2D eigenvalue weighted by molar-refractivity contribution is 0.887. The lowest BCUT2D eigenvalue weighted by Gasteiger charge is -2.13. The molecule has 1 aromatic carbocycles. The molecule has 0 aliphatic rings. The molecule has 0 unspecified atom stereocenters. The van der Waals surface area contributed by atoms with Gasteiger partial charge in [-0.05, 0) is 51.3 Å². The van der Waals surface area contributed by atoms with Crippen molar-refractivity contribution in [2.24, 2.45) is 7.05 Å². The third-order valence-electron chi connectivity index (χ3n) is 4.46. The molecule has 0 spiro atoms. The Labute approximate surface area is 131 Å². The minimum Gasteiger partial charge on any atom is -0.339 e. The minimum absolute atomic E-state index is 0.779. The highest BCUT2D eigenvalue weighted by Crippen LogP contribution is 2.32. The van der Waals surface area contributed by atoms with E-state index in [1.165, 1.54) is 22.4 Å². The summed E-state index contributed by atoms with van der Waals surface area (Å²) in [5.41, 5.74) is 6.99. The summed E-state index contributed by atoms with van der Waals surface area (Å²) in [6, 6.07) is 6.31. The molecule has 3 aromatic rings. The summed E-state index contributed by atoms with van der Waals surface area (Å²) in [4.78, 5) is 9.27. The maximum Gasteiger partial charge on any atom is 0.146 e. The van der Waals surface area contributed by atoms with Gasteiger partial charge in [-0.25, -0.2) is 9.97 Å². The van der Waals surface area contributed by atoms with Crippen molar-refractivity contribution in [2.45, 2.75) is 34.6 Å². The second-order valence-corrected chi connectivity index (χ2v) is 5.98. The molecule has 0 saturated carbocycles. The summed E-state index contributed by atoms with van der Waals surface area (Å²) < 4.78 is 2.13. The number of nitrogens with zero attached hydrogens (tertiary/aromatic N) is 3. The van der Waals surface area contributed by atoms with Gasteiger partial charge in [-0.3, -0.25) is 0 Å². The van der Waals surface area contributed by atoms with Crippen LogP contribution in [0, 0.1) is 34.6 Å². The third kappa shape index (κ3) is 2.15. The van der Waals surface area contributed by atoms with Gasteiger partial charge in [0.15, 0.2) is 0 Å². The van der Waals surface area contributed by atoms with Crippen molar-refractivity contribution >= 4 is 22.5 Å². The van der Waals surface area contributed by atoms with Crippen LogP contribution in [0.25, 0.3) is 11.0 Å². The van der Waals surface area contributed by atoms with Gasteiger partial charge in [0.1, 0.15) is 17.3 Å². The van der Waals surface area contributed by atoms with Gasteiger partial charge < -0.3 is 9.88 Å². The van der Waals surface area contributed by atoms with E-state index in [1.54, 1.807) is 0 Å². The molecule has 0 saturated heterocycles. The SMILES string of the molecule is Cc1nc(Nc2c(C)cccc2C)c2c(C)c(C)n(C)c2n1. The molecule has 0 radical (unpaired) electrons. The first-order valence-electron chi connectivity index (χ1n) is 7.53. The molecule has 0 bridgehead atoms. The Bertz CT molecular complexity index is 854. The van der Waals surface area contributed by atoms with Crippen LogP contribution in [0.15, 0.2) is 18.2 Å². The summed E-state index contributed by atoms with van der Waals surface area (Å²) in [5.74, 6) is 1.67. The molecule has 2 heterocycles. The maximum atomic E-state index is 4.66. The number of hydrogen-bond donors (Lipinski definition) is 1. The van der Waals surface area contributed by atoms with Crippen LogP contribution in [0.3, 0.4) is 0 Å². The number of aryl methyl sites for hydroxylation is 5. The topological polar surface area (TPSA) is 42.7 Å². The Hall–Kier alpha value is -2.36. The molecule has 0 aliphatic heterocycles. The van der Waals surface area contributed by atoms with E-state index in [0.717, 1.165) is 28.4 Å². The predicted octanol–water partition coefficient (Wildman–Crippen LogP) is 4.25. The summed E-state index contributed by atoms with van der Waals surface area (Å²) in [7, 11) is 2.06. The maximum absolute atomic E-state index is 4.66. The first-order chi connectivity index (χ1) is 10.4. The van der Waals surface area contributed by atoms with Gasteiger partial charge in [-0.15, -0.1) is 0 Å². The highest BCUT2D eigenvalue weighted by atomic mass is 15.1. The van der Waals surface area contributed by atoms with Crippen molar-refractivity contribution in [3.63, 3.8) is 0 Å². The minimum atomic E-state index is 0.779. The fourth-order valence-corrected chi connectivity index (χ4v) is 2.96. The summed E-state index contributed by atoms with van der Waals surface area (Å²) in [5, 5.41) is 4.65. The lowest BCUT2D eigenvalue weighted by atomic mass is 10.1. The molecular weight excluding hydrogens is 272 g/mol. The monoisotopic (exact) mass is 294 g/mol. The molecule has 0 amide bonds. The average molecular weight is 294 g/mol. The molecule has 3 rings (SSSR count). The highest BCUT2D eigenvalue weighted by Gasteiger charge is 2.16. The molecular formula is C18H22N4. The van der Waals surface area contributed by atoms with Gasteiger partial charge in [0.05, 0.1) is 5.39 Å². The van der Waals surface area contributed by atoms with Crippen LogP contribution in [0.1, 0.15) is 28.2 Å². The first kappa shape index (κ1) is 14.6. The summed E-state index contributed by atoms with van der Waals surface area (Å²) in [6.07, 6.45) is 0. The van der Waals surface area contributed by atoms with Crippen LogP contribution in [-0.2, 0) is 7.05 Å². The predicted molar refractivity (Wildman–Crippen MR) is 91.9 cm³/mol. The zero-order chi connectivity index (χ0) is 16.0. The number of benzene rings is 1. The summed E-state index contributed by atoms with van der Waals surface area (Å²) in [6.45, 7) is 10.4. The zero-order valence-electron chi connectivity index (χ0n) is 14.1. The molecule has 1 N–H and O–H groups in total. The molecule has 0 aliphatic carbocycles. The largest absolute Gasteiger partial charge is 0.339 e. The van der Waals surface area contributed by atoms with Crippen LogP contribution in [0.2, 0.25) is 0 Å². The van der Waals surface area contributed by atoms with Gasteiger partial charge in [0.25, 0.3) is 0 Å². The Morgan fingerprint density at radius 3 is 2.23 bits per heavy atom. The number of hydrogen-bond acceptors (Lipinski definition) is 3. The van der Waals surface area contributed by atoms with Gasteiger partial charge in [-0.1, -0.05) is 18.2 Å². The molecule has 114 valence electrons. The Kier molecular flexibility index (Phi) is 3.39. The average Bonchev–Trinajstić information content (AvgIpc) is 2.68. The van der Waals surface area contributed by atoms with Crippen molar-refractivity contribution in [1.82, 2.24) is 14.5 Å². The van der Waals surface area contributed by atoms with Crippen LogP contribution < -0.4 is 5.32 Å². The molecule has 0 atom stereocenters. The van der Waals surface area contributed by atoms with E-state index >= 15 is 0 Å². The number of anilines is 2.